The second-order valence-corrected chi connectivity index (χ2v) is 9.03. The third-order valence-corrected chi connectivity index (χ3v) is 5.97. The summed E-state index contributed by atoms with van der Waals surface area (Å²) in [5.41, 5.74) is 6.97. The molecule has 1 saturated carbocycles. The molecule has 11 heteroatoms. The zero-order valence-electron chi connectivity index (χ0n) is 21.9. The molecule has 1 amide bonds. The number of nitrogens with zero attached hydrogens (tertiary/aromatic N) is 3. The molecule has 3 rings (SSSR count). The van der Waals surface area contributed by atoms with Crippen LogP contribution in [0.25, 0.3) is 0 Å². The molecule has 11 nitrogen and oxygen atoms in total. The van der Waals surface area contributed by atoms with Gasteiger partial charge in [-0.25, -0.2) is 0 Å². The maximum Gasteiger partial charge on any atom is 0.251 e. The number of benzene rings is 1. The van der Waals surface area contributed by atoms with Crippen LogP contribution in [0, 0.1) is 0 Å². The van der Waals surface area contributed by atoms with Gasteiger partial charge in [-0.2, -0.15) is 15.0 Å². The van der Waals surface area contributed by atoms with Crippen LogP contribution in [0.3, 0.4) is 0 Å². The zero-order valence-corrected chi connectivity index (χ0v) is 21.9. The van der Waals surface area contributed by atoms with Crippen LogP contribution in [0.1, 0.15) is 61.4 Å². The van der Waals surface area contributed by atoms with Crippen molar-refractivity contribution in [1.82, 2.24) is 20.3 Å². The highest BCUT2D eigenvalue weighted by Gasteiger charge is 2.17. The molecule has 0 saturated heterocycles. The lowest BCUT2D eigenvalue weighted by atomic mass is 10.1. The molecule has 204 valence electrons. The SMILES string of the molecule is CCCCNc1nc(NCc2ccc(C(=O)NCCOCCOCCN)cc2)nc(NC2CCCC2)n1. The first-order valence-electron chi connectivity index (χ1n) is 13.4. The van der Waals surface area contributed by atoms with Gasteiger partial charge in [0.25, 0.3) is 5.91 Å². The number of nitrogens with one attached hydrogen (secondary N) is 4. The number of rotatable bonds is 18. The van der Waals surface area contributed by atoms with Gasteiger partial charge >= 0.3 is 0 Å². The molecule has 37 heavy (non-hydrogen) atoms. The van der Waals surface area contributed by atoms with E-state index in [0.717, 1.165) is 37.8 Å². The van der Waals surface area contributed by atoms with E-state index in [2.05, 4.69) is 43.1 Å². The van der Waals surface area contributed by atoms with Crippen LogP contribution in [0.5, 0.6) is 0 Å². The van der Waals surface area contributed by atoms with E-state index >= 15 is 0 Å². The second kappa shape index (κ2) is 16.7. The lowest BCUT2D eigenvalue weighted by Gasteiger charge is -2.14. The van der Waals surface area contributed by atoms with E-state index in [9.17, 15) is 4.79 Å². The highest BCUT2D eigenvalue weighted by Crippen LogP contribution is 2.21. The number of hydrogen-bond donors (Lipinski definition) is 5. The van der Waals surface area contributed by atoms with Crippen LogP contribution < -0.4 is 27.0 Å². The van der Waals surface area contributed by atoms with E-state index in [1.54, 1.807) is 0 Å². The first kappa shape index (κ1) is 28.5. The molecule has 1 aromatic heterocycles. The standard InChI is InChI=1S/C26H42N8O3/c1-2-3-13-29-24-32-25(34-26(33-24)31-22-6-4-5-7-22)30-19-20-8-10-21(11-9-20)23(35)28-14-16-37-18-17-36-15-12-27/h8-11,22H,2-7,12-19,27H2,1H3,(H,28,35)(H3,29,30,31,32,33,34). The quantitative estimate of drug-likeness (QED) is 0.188. The number of aromatic nitrogens is 3. The zero-order chi connectivity index (χ0) is 26.1. The van der Waals surface area contributed by atoms with E-state index in [-0.39, 0.29) is 5.91 Å². The third-order valence-electron chi connectivity index (χ3n) is 5.97. The molecule has 0 atom stereocenters. The summed E-state index contributed by atoms with van der Waals surface area (Å²) in [6.45, 7) is 6.37. The van der Waals surface area contributed by atoms with Crippen LogP contribution in [0.4, 0.5) is 17.8 Å². The monoisotopic (exact) mass is 514 g/mol. The predicted octanol–water partition coefficient (Wildman–Crippen LogP) is 2.77. The van der Waals surface area contributed by atoms with Crippen molar-refractivity contribution in [2.45, 2.75) is 58.0 Å². The van der Waals surface area contributed by atoms with Crippen molar-refractivity contribution >= 4 is 23.8 Å². The molecule has 6 N–H and O–H groups in total. The van der Waals surface area contributed by atoms with Gasteiger partial charge in [-0.3, -0.25) is 4.79 Å². The molecule has 1 aliphatic rings. The molecule has 1 aromatic carbocycles. The van der Waals surface area contributed by atoms with Crippen molar-refractivity contribution in [2.24, 2.45) is 5.73 Å². The van der Waals surface area contributed by atoms with Gasteiger partial charge in [-0.15, -0.1) is 0 Å². The Morgan fingerprint density at radius 1 is 0.919 bits per heavy atom. The molecule has 0 aliphatic heterocycles. The predicted molar refractivity (Wildman–Crippen MR) is 146 cm³/mol. The normalized spacial score (nSPS) is 13.5. The molecular formula is C26H42N8O3. The highest BCUT2D eigenvalue weighted by atomic mass is 16.5. The molecule has 0 bridgehead atoms. The minimum absolute atomic E-state index is 0.134. The lowest BCUT2D eigenvalue weighted by Crippen LogP contribution is -2.27. The Hall–Kier alpha value is -3.02. The van der Waals surface area contributed by atoms with Crippen LogP contribution in [0.15, 0.2) is 24.3 Å². The summed E-state index contributed by atoms with van der Waals surface area (Å²) < 4.78 is 10.7. The third kappa shape index (κ3) is 10.9. The molecular weight excluding hydrogens is 472 g/mol. The Balaban J connectivity index is 1.46. The molecule has 1 fully saturated rings. The number of hydrogen-bond acceptors (Lipinski definition) is 10. The van der Waals surface area contributed by atoms with Gasteiger partial charge < -0.3 is 36.5 Å². The van der Waals surface area contributed by atoms with Crippen molar-refractivity contribution in [3.63, 3.8) is 0 Å². The first-order valence-corrected chi connectivity index (χ1v) is 13.4. The summed E-state index contributed by atoms with van der Waals surface area (Å²) in [4.78, 5) is 26.0. The average molecular weight is 515 g/mol. The van der Waals surface area contributed by atoms with Gasteiger partial charge in [-0.05, 0) is 37.0 Å². The summed E-state index contributed by atoms with van der Waals surface area (Å²) in [6.07, 6.45) is 6.92. The van der Waals surface area contributed by atoms with E-state index < -0.39 is 0 Å². The Morgan fingerprint density at radius 3 is 2.30 bits per heavy atom. The number of amides is 1. The number of nitrogens with two attached hydrogens (primary N) is 1. The van der Waals surface area contributed by atoms with E-state index in [0.29, 0.717) is 75.5 Å². The second-order valence-electron chi connectivity index (χ2n) is 9.03. The summed E-state index contributed by atoms with van der Waals surface area (Å²) in [6, 6.07) is 7.89. The van der Waals surface area contributed by atoms with Gasteiger partial charge in [0.2, 0.25) is 17.8 Å². The number of carbonyl (C=O) groups excluding carboxylic acids is 1. The highest BCUT2D eigenvalue weighted by molar-refractivity contribution is 5.94. The Labute approximate surface area is 219 Å². The molecule has 0 spiro atoms. The van der Waals surface area contributed by atoms with Gasteiger partial charge in [0.1, 0.15) is 0 Å². The number of anilines is 3. The minimum Gasteiger partial charge on any atom is -0.378 e. The van der Waals surface area contributed by atoms with Crippen molar-refractivity contribution in [1.29, 1.82) is 0 Å². The molecule has 0 unspecified atom stereocenters. The maximum atomic E-state index is 12.4. The maximum absolute atomic E-state index is 12.4. The molecule has 1 heterocycles. The number of carbonyl (C=O) groups is 1. The summed E-state index contributed by atoms with van der Waals surface area (Å²) in [5.74, 6) is 1.56. The Morgan fingerprint density at radius 2 is 1.59 bits per heavy atom. The van der Waals surface area contributed by atoms with Crippen LogP contribution >= 0.6 is 0 Å². The van der Waals surface area contributed by atoms with Gasteiger partial charge in [0, 0.05) is 37.8 Å². The Kier molecular flexibility index (Phi) is 12.9. The van der Waals surface area contributed by atoms with Crippen molar-refractivity contribution in [2.75, 3.05) is 62.0 Å². The number of unbranched alkanes of at least 4 members (excludes halogenated alkanes) is 1. The Bertz CT molecular complexity index is 923. The fraction of sp³-hybridized carbons (Fsp3) is 0.615. The van der Waals surface area contributed by atoms with Crippen LogP contribution in [0.2, 0.25) is 0 Å². The van der Waals surface area contributed by atoms with Crippen molar-refractivity contribution in [3.05, 3.63) is 35.4 Å². The lowest BCUT2D eigenvalue weighted by molar-refractivity contribution is 0.0511. The van der Waals surface area contributed by atoms with Gasteiger partial charge in [0.05, 0.1) is 26.4 Å². The van der Waals surface area contributed by atoms with E-state index in [1.165, 1.54) is 12.8 Å². The first-order chi connectivity index (χ1) is 18.2. The fourth-order valence-corrected chi connectivity index (χ4v) is 3.93. The minimum atomic E-state index is -0.134. The average Bonchev–Trinajstić information content (AvgIpc) is 3.42. The molecule has 1 aliphatic carbocycles. The topological polar surface area (TPSA) is 148 Å². The van der Waals surface area contributed by atoms with E-state index in [1.807, 2.05) is 24.3 Å². The largest absolute Gasteiger partial charge is 0.378 e. The summed E-state index contributed by atoms with van der Waals surface area (Å²) in [5, 5.41) is 12.9. The molecule has 2 aromatic rings. The molecule has 0 radical (unpaired) electrons. The van der Waals surface area contributed by atoms with Crippen LogP contribution in [-0.2, 0) is 16.0 Å². The van der Waals surface area contributed by atoms with Gasteiger partial charge in [-0.1, -0.05) is 38.3 Å². The van der Waals surface area contributed by atoms with Crippen molar-refractivity contribution < 1.29 is 14.3 Å². The van der Waals surface area contributed by atoms with Gasteiger partial charge in [0.15, 0.2) is 0 Å². The smallest absolute Gasteiger partial charge is 0.251 e. The summed E-state index contributed by atoms with van der Waals surface area (Å²) >= 11 is 0. The van der Waals surface area contributed by atoms with Crippen LogP contribution in [-0.4, -0.2) is 73.0 Å². The van der Waals surface area contributed by atoms with Crippen molar-refractivity contribution in [3.8, 4) is 0 Å². The fourth-order valence-electron chi connectivity index (χ4n) is 3.93. The van der Waals surface area contributed by atoms with E-state index in [4.69, 9.17) is 15.2 Å². The number of ether oxygens (including phenoxy) is 2. The summed E-state index contributed by atoms with van der Waals surface area (Å²) in [7, 11) is 0.